The largest absolute Gasteiger partial charge is 0.324 e. The first-order valence-corrected chi connectivity index (χ1v) is 4.53. The van der Waals surface area contributed by atoms with Crippen molar-refractivity contribution in [1.82, 2.24) is 0 Å². The lowest BCUT2D eigenvalue weighted by molar-refractivity contribution is 0.638. The zero-order chi connectivity index (χ0) is 9.68. The summed E-state index contributed by atoms with van der Waals surface area (Å²) in [6, 6.07) is 9.68. The van der Waals surface area contributed by atoms with Gasteiger partial charge in [0.1, 0.15) is 0 Å². The first kappa shape index (κ1) is 13.0. The van der Waals surface area contributed by atoms with Crippen molar-refractivity contribution in [3.8, 4) is 6.07 Å². The lowest BCUT2D eigenvalue weighted by atomic mass is 10.0. The third-order valence-electron chi connectivity index (χ3n) is 2.04. The van der Waals surface area contributed by atoms with Crippen molar-refractivity contribution in [3.05, 3.63) is 35.4 Å². The Morgan fingerprint density at radius 1 is 1.50 bits per heavy atom. The maximum absolute atomic E-state index is 8.68. The molecule has 0 aliphatic rings. The van der Waals surface area contributed by atoms with Gasteiger partial charge in [-0.25, -0.2) is 0 Å². The van der Waals surface area contributed by atoms with E-state index in [2.05, 4.69) is 13.0 Å². The van der Waals surface area contributed by atoms with Crippen molar-refractivity contribution in [2.75, 3.05) is 0 Å². The maximum atomic E-state index is 8.68. The van der Waals surface area contributed by atoms with E-state index < -0.39 is 0 Å². The van der Waals surface area contributed by atoms with E-state index in [-0.39, 0.29) is 18.4 Å². The highest BCUT2D eigenvalue weighted by Crippen LogP contribution is 2.16. The molecule has 0 aliphatic heterocycles. The average Bonchev–Trinajstić information content (AvgIpc) is 2.18. The van der Waals surface area contributed by atoms with E-state index in [4.69, 9.17) is 11.0 Å². The lowest BCUT2D eigenvalue weighted by Crippen LogP contribution is -2.09. The Balaban J connectivity index is 0.00000169. The average molecular weight is 211 g/mol. The van der Waals surface area contributed by atoms with E-state index >= 15 is 0 Å². The van der Waals surface area contributed by atoms with Crippen LogP contribution in [0.3, 0.4) is 0 Å². The van der Waals surface area contributed by atoms with Gasteiger partial charge in [-0.15, -0.1) is 12.4 Å². The van der Waals surface area contributed by atoms with Crippen molar-refractivity contribution in [3.63, 3.8) is 0 Å². The minimum absolute atomic E-state index is 0. The Kier molecular flexibility index (Phi) is 5.94. The molecular weight excluding hydrogens is 196 g/mol. The fraction of sp³-hybridized carbons (Fsp3) is 0.364. The predicted molar refractivity (Wildman–Crippen MR) is 60.2 cm³/mol. The predicted octanol–water partition coefficient (Wildman–Crippen LogP) is 2.78. The van der Waals surface area contributed by atoms with Crippen LogP contribution in [0.5, 0.6) is 0 Å². The van der Waals surface area contributed by atoms with E-state index in [0.717, 1.165) is 18.4 Å². The van der Waals surface area contributed by atoms with Gasteiger partial charge in [-0.1, -0.05) is 25.5 Å². The molecule has 3 heteroatoms. The fourth-order valence-corrected chi connectivity index (χ4v) is 1.32. The van der Waals surface area contributed by atoms with Gasteiger partial charge in [0, 0.05) is 6.04 Å². The van der Waals surface area contributed by atoms with Crippen molar-refractivity contribution in [1.29, 1.82) is 5.26 Å². The Morgan fingerprint density at radius 2 is 2.21 bits per heavy atom. The number of nitriles is 1. The summed E-state index contributed by atoms with van der Waals surface area (Å²) in [5, 5.41) is 8.68. The van der Waals surface area contributed by atoms with Crippen LogP contribution in [0.25, 0.3) is 0 Å². The van der Waals surface area contributed by atoms with Gasteiger partial charge in [-0.3, -0.25) is 0 Å². The SMILES string of the molecule is CCCC(N)c1cccc(C#N)c1.Cl. The summed E-state index contributed by atoms with van der Waals surface area (Å²) >= 11 is 0. The molecule has 0 radical (unpaired) electrons. The molecule has 0 heterocycles. The minimum atomic E-state index is 0. The molecule has 1 atom stereocenters. The molecule has 0 aliphatic carbocycles. The second-order valence-electron chi connectivity index (χ2n) is 3.13. The summed E-state index contributed by atoms with van der Waals surface area (Å²) < 4.78 is 0. The quantitative estimate of drug-likeness (QED) is 0.834. The van der Waals surface area contributed by atoms with E-state index in [9.17, 15) is 0 Å². The number of hydrogen-bond donors (Lipinski definition) is 1. The smallest absolute Gasteiger partial charge is 0.0991 e. The first-order chi connectivity index (χ1) is 6.27. The fourth-order valence-electron chi connectivity index (χ4n) is 1.32. The molecule has 0 fully saturated rings. The van der Waals surface area contributed by atoms with Crippen LogP contribution in [0.4, 0.5) is 0 Å². The number of hydrogen-bond acceptors (Lipinski definition) is 2. The normalized spacial score (nSPS) is 11.2. The summed E-state index contributed by atoms with van der Waals surface area (Å²) in [5.74, 6) is 0. The maximum Gasteiger partial charge on any atom is 0.0991 e. The molecule has 76 valence electrons. The number of nitrogens with two attached hydrogens (primary N) is 1. The molecular formula is C11H15ClN2. The minimum Gasteiger partial charge on any atom is -0.324 e. The molecule has 0 saturated carbocycles. The molecule has 1 aromatic rings. The molecule has 0 amide bonds. The second-order valence-corrected chi connectivity index (χ2v) is 3.13. The Morgan fingerprint density at radius 3 is 2.79 bits per heavy atom. The van der Waals surface area contributed by atoms with Gasteiger partial charge in [0.15, 0.2) is 0 Å². The lowest BCUT2D eigenvalue weighted by Gasteiger charge is -2.10. The van der Waals surface area contributed by atoms with E-state index in [1.165, 1.54) is 0 Å². The highest BCUT2D eigenvalue weighted by Gasteiger charge is 2.04. The number of nitrogens with zero attached hydrogens (tertiary/aromatic N) is 1. The number of benzene rings is 1. The van der Waals surface area contributed by atoms with E-state index in [0.29, 0.717) is 5.56 Å². The number of halogens is 1. The third kappa shape index (κ3) is 3.37. The third-order valence-corrected chi connectivity index (χ3v) is 2.04. The molecule has 0 aromatic heterocycles. The van der Waals surface area contributed by atoms with Gasteiger partial charge in [-0.2, -0.15) is 5.26 Å². The summed E-state index contributed by atoms with van der Waals surface area (Å²) in [6.45, 7) is 2.11. The van der Waals surface area contributed by atoms with Crippen LogP contribution in [0.2, 0.25) is 0 Å². The van der Waals surface area contributed by atoms with E-state index in [1.54, 1.807) is 6.07 Å². The number of rotatable bonds is 3. The van der Waals surface area contributed by atoms with Gasteiger partial charge in [0.05, 0.1) is 11.6 Å². The Hall–Kier alpha value is -1.04. The summed E-state index contributed by atoms with van der Waals surface area (Å²) in [4.78, 5) is 0. The van der Waals surface area contributed by atoms with Crippen molar-refractivity contribution in [2.24, 2.45) is 5.73 Å². The zero-order valence-electron chi connectivity index (χ0n) is 8.23. The van der Waals surface area contributed by atoms with Crippen LogP contribution < -0.4 is 5.73 Å². The van der Waals surface area contributed by atoms with E-state index in [1.807, 2.05) is 18.2 Å². The zero-order valence-corrected chi connectivity index (χ0v) is 9.05. The topological polar surface area (TPSA) is 49.8 Å². The van der Waals surface area contributed by atoms with Crippen molar-refractivity contribution < 1.29 is 0 Å². The molecule has 0 saturated heterocycles. The Labute approximate surface area is 91.1 Å². The molecule has 0 spiro atoms. The Bertz CT molecular complexity index is 317. The monoisotopic (exact) mass is 210 g/mol. The van der Waals surface area contributed by atoms with Crippen LogP contribution >= 0.6 is 12.4 Å². The summed E-state index contributed by atoms with van der Waals surface area (Å²) in [7, 11) is 0. The molecule has 1 unspecified atom stereocenters. The molecule has 14 heavy (non-hydrogen) atoms. The van der Waals surface area contributed by atoms with Crippen LogP contribution in [0.15, 0.2) is 24.3 Å². The van der Waals surface area contributed by atoms with Gasteiger partial charge < -0.3 is 5.73 Å². The van der Waals surface area contributed by atoms with Crippen molar-refractivity contribution >= 4 is 12.4 Å². The van der Waals surface area contributed by atoms with Gasteiger partial charge in [-0.05, 0) is 24.1 Å². The standard InChI is InChI=1S/C11H14N2.ClH/c1-2-4-11(13)10-6-3-5-9(7-10)8-12;/h3,5-7,11H,2,4,13H2,1H3;1H. The molecule has 1 aromatic carbocycles. The first-order valence-electron chi connectivity index (χ1n) is 4.53. The van der Waals surface area contributed by atoms with Crippen LogP contribution in [-0.4, -0.2) is 0 Å². The van der Waals surface area contributed by atoms with Crippen LogP contribution in [-0.2, 0) is 0 Å². The van der Waals surface area contributed by atoms with Gasteiger partial charge >= 0.3 is 0 Å². The molecule has 2 nitrogen and oxygen atoms in total. The highest BCUT2D eigenvalue weighted by molar-refractivity contribution is 5.85. The molecule has 2 N–H and O–H groups in total. The van der Waals surface area contributed by atoms with Crippen LogP contribution in [0.1, 0.15) is 36.9 Å². The summed E-state index contributed by atoms with van der Waals surface area (Å²) in [5.41, 5.74) is 7.66. The summed E-state index contributed by atoms with van der Waals surface area (Å²) in [6.07, 6.45) is 2.03. The van der Waals surface area contributed by atoms with Gasteiger partial charge in [0.25, 0.3) is 0 Å². The highest BCUT2D eigenvalue weighted by atomic mass is 35.5. The van der Waals surface area contributed by atoms with Crippen LogP contribution in [0, 0.1) is 11.3 Å². The van der Waals surface area contributed by atoms with Gasteiger partial charge in [0.2, 0.25) is 0 Å². The molecule has 1 rings (SSSR count). The molecule has 0 bridgehead atoms. The second kappa shape index (κ2) is 6.42. The van der Waals surface area contributed by atoms with Crippen molar-refractivity contribution in [2.45, 2.75) is 25.8 Å².